The Morgan fingerprint density at radius 3 is 2.41 bits per heavy atom. The number of rotatable bonds is 7. The van der Waals surface area contributed by atoms with Crippen LogP contribution in [0.3, 0.4) is 0 Å². The summed E-state index contributed by atoms with van der Waals surface area (Å²) in [5, 5.41) is 3.76. The van der Waals surface area contributed by atoms with E-state index < -0.39 is 10.0 Å². The minimum atomic E-state index is -3.70. The minimum absolute atomic E-state index is 0.0601. The molecule has 1 aliphatic rings. The second-order valence-corrected chi connectivity index (χ2v) is 8.47. The van der Waals surface area contributed by atoms with Gasteiger partial charge in [0.05, 0.1) is 13.2 Å². The minimum Gasteiger partial charge on any atom is -0.379 e. The lowest BCUT2D eigenvalue weighted by Crippen LogP contribution is -2.43. The van der Waals surface area contributed by atoms with E-state index >= 15 is 0 Å². The molecule has 3 rings (SSSR count). The van der Waals surface area contributed by atoms with Gasteiger partial charge >= 0.3 is 0 Å². The second-order valence-electron chi connectivity index (χ2n) is 6.76. The zero-order valence-corrected chi connectivity index (χ0v) is 16.9. The Balaban J connectivity index is 1.82. The number of morpholine rings is 1. The molecule has 1 unspecified atom stereocenters. The highest BCUT2D eigenvalue weighted by molar-refractivity contribution is 7.89. The van der Waals surface area contributed by atoms with E-state index in [2.05, 4.69) is 46.0 Å². The first-order valence-electron chi connectivity index (χ1n) is 9.25. The summed E-state index contributed by atoms with van der Waals surface area (Å²) in [7, 11) is -3.70. The molecule has 0 spiro atoms. The zero-order chi connectivity index (χ0) is 19.4. The molecule has 2 heterocycles. The lowest BCUT2D eigenvalue weighted by Gasteiger charge is -2.35. The smallest absolute Gasteiger partial charge is 0.246 e. The Morgan fingerprint density at radius 2 is 1.85 bits per heavy atom. The van der Waals surface area contributed by atoms with Gasteiger partial charge in [-0.05, 0) is 31.4 Å². The standard InChI is InChI=1S/C19H27N3O4S/c1-4-16-5-7-17(8-6-16)18(22-9-11-25-12-10-22)13-20-27(23,24)19-14(2)21-26-15(19)3/h5-8,18,20H,4,9-13H2,1-3H3. The zero-order valence-electron chi connectivity index (χ0n) is 16.1. The van der Waals surface area contributed by atoms with Crippen LogP contribution in [0.15, 0.2) is 33.7 Å². The number of sulfonamides is 1. The third kappa shape index (κ3) is 4.57. The number of nitrogens with one attached hydrogen (secondary N) is 1. The highest BCUT2D eigenvalue weighted by Gasteiger charge is 2.28. The lowest BCUT2D eigenvalue weighted by atomic mass is 10.0. The fourth-order valence-corrected chi connectivity index (χ4v) is 4.80. The van der Waals surface area contributed by atoms with Gasteiger partial charge in [0, 0.05) is 25.7 Å². The third-order valence-electron chi connectivity index (χ3n) is 4.96. The van der Waals surface area contributed by atoms with Crippen LogP contribution in [0, 0.1) is 13.8 Å². The highest BCUT2D eigenvalue weighted by atomic mass is 32.2. The molecule has 1 aliphatic heterocycles. The van der Waals surface area contributed by atoms with Gasteiger partial charge in [0.15, 0.2) is 5.76 Å². The maximum Gasteiger partial charge on any atom is 0.246 e. The van der Waals surface area contributed by atoms with Gasteiger partial charge in [-0.2, -0.15) is 0 Å². The van der Waals surface area contributed by atoms with Crippen LogP contribution in [0.4, 0.5) is 0 Å². The molecule has 0 saturated carbocycles. The van der Waals surface area contributed by atoms with Crippen LogP contribution in [0.2, 0.25) is 0 Å². The quantitative estimate of drug-likeness (QED) is 0.776. The monoisotopic (exact) mass is 393 g/mol. The van der Waals surface area contributed by atoms with Crippen molar-refractivity contribution in [3.63, 3.8) is 0 Å². The van der Waals surface area contributed by atoms with Crippen molar-refractivity contribution < 1.29 is 17.7 Å². The molecule has 1 N–H and O–H groups in total. The average Bonchev–Trinajstić information content (AvgIpc) is 3.02. The molecule has 2 aromatic rings. The first-order chi connectivity index (χ1) is 12.9. The molecule has 1 saturated heterocycles. The van der Waals surface area contributed by atoms with Crippen LogP contribution in [-0.4, -0.2) is 51.3 Å². The predicted molar refractivity (Wildman–Crippen MR) is 102 cm³/mol. The van der Waals surface area contributed by atoms with Crippen molar-refractivity contribution in [2.45, 2.75) is 38.1 Å². The summed E-state index contributed by atoms with van der Waals surface area (Å²) < 4.78 is 38.8. The molecule has 0 aliphatic carbocycles. The molecule has 1 atom stereocenters. The molecular weight excluding hydrogens is 366 g/mol. The maximum absolute atomic E-state index is 12.8. The summed E-state index contributed by atoms with van der Waals surface area (Å²) >= 11 is 0. The van der Waals surface area contributed by atoms with Crippen LogP contribution in [0.1, 0.15) is 35.5 Å². The van der Waals surface area contributed by atoms with E-state index in [0.717, 1.165) is 25.1 Å². The molecule has 148 valence electrons. The van der Waals surface area contributed by atoms with Gasteiger partial charge in [-0.3, -0.25) is 4.90 Å². The van der Waals surface area contributed by atoms with Crippen molar-refractivity contribution in [1.29, 1.82) is 0 Å². The van der Waals surface area contributed by atoms with Crippen molar-refractivity contribution in [3.05, 3.63) is 46.8 Å². The van der Waals surface area contributed by atoms with Gasteiger partial charge in [-0.25, -0.2) is 13.1 Å². The Bertz CT molecular complexity index is 836. The van der Waals surface area contributed by atoms with Crippen LogP contribution in [-0.2, 0) is 21.2 Å². The number of nitrogens with zero attached hydrogens (tertiary/aromatic N) is 2. The Kier molecular flexibility index (Phi) is 6.31. The van der Waals surface area contributed by atoms with E-state index in [9.17, 15) is 8.42 Å². The fraction of sp³-hybridized carbons (Fsp3) is 0.526. The largest absolute Gasteiger partial charge is 0.379 e. The molecule has 1 aromatic heterocycles. The van der Waals surface area contributed by atoms with Crippen LogP contribution >= 0.6 is 0 Å². The molecule has 1 aromatic carbocycles. The summed E-state index contributed by atoms with van der Waals surface area (Å²) in [5.41, 5.74) is 2.72. The molecular formula is C19H27N3O4S. The first kappa shape index (κ1) is 20.0. The summed E-state index contributed by atoms with van der Waals surface area (Å²) in [6, 6.07) is 8.32. The van der Waals surface area contributed by atoms with E-state index in [4.69, 9.17) is 9.26 Å². The van der Waals surface area contributed by atoms with Crippen LogP contribution in [0.25, 0.3) is 0 Å². The van der Waals surface area contributed by atoms with Gasteiger partial charge in [0.25, 0.3) is 0 Å². The van der Waals surface area contributed by atoms with Gasteiger partial charge in [-0.15, -0.1) is 0 Å². The number of aryl methyl sites for hydroxylation is 3. The first-order valence-corrected chi connectivity index (χ1v) is 10.7. The Labute approximate surface area is 160 Å². The summed E-state index contributed by atoms with van der Waals surface area (Å²) in [6.07, 6.45) is 0.973. The lowest BCUT2D eigenvalue weighted by molar-refractivity contribution is 0.0172. The fourth-order valence-electron chi connectivity index (χ4n) is 3.44. The van der Waals surface area contributed by atoms with E-state index in [1.165, 1.54) is 5.56 Å². The van der Waals surface area contributed by atoms with Crippen molar-refractivity contribution in [2.75, 3.05) is 32.8 Å². The highest BCUT2D eigenvalue weighted by Crippen LogP contribution is 2.24. The van der Waals surface area contributed by atoms with Gasteiger partial charge in [-0.1, -0.05) is 36.3 Å². The third-order valence-corrected chi connectivity index (χ3v) is 6.63. The SMILES string of the molecule is CCc1ccc(C(CNS(=O)(=O)c2c(C)noc2C)N2CCOCC2)cc1. The van der Waals surface area contributed by atoms with Gasteiger partial charge in [0.1, 0.15) is 10.6 Å². The summed E-state index contributed by atoms with van der Waals surface area (Å²) in [4.78, 5) is 2.39. The van der Waals surface area contributed by atoms with Crippen molar-refractivity contribution in [2.24, 2.45) is 0 Å². The number of hydrogen-bond acceptors (Lipinski definition) is 6. The predicted octanol–water partition coefficient (Wildman–Crippen LogP) is 2.21. The Morgan fingerprint density at radius 1 is 1.19 bits per heavy atom. The van der Waals surface area contributed by atoms with E-state index in [0.29, 0.717) is 24.7 Å². The van der Waals surface area contributed by atoms with Crippen LogP contribution in [0.5, 0.6) is 0 Å². The number of ether oxygens (including phenoxy) is 1. The molecule has 8 heteroatoms. The number of aromatic nitrogens is 1. The normalized spacial score (nSPS) is 17.1. The van der Waals surface area contributed by atoms with Crippen LogP contribution < -0.4 is 4.72 Å². The Hall–Kier alpha value is -1.74. The van der Waals surface area contributed by atoms with E-state index in [1.54, 1.807) is 13.8 Å². The van der Waals surface area contributed by atoms with Gasteiger partial charge < -0.3 is 9.26 Å². The molecule has 0 bridgehead atoms. The average molecular weight is 394 g/mol. The summed E-state index contributed by atoms with van der Waals surface area (Å²) in [5.74, 6) is 0.301. The topological polar surface area (TPSA) is 84.7 Å². The van der Waals surface area contributed by atoms with Crippen molar-refractivity contribution in [1.82, 2.24) is 14.8 Å². The van der Waals surface area contributed by atoms with Crippen molar-refractivity contribution >= 4 is 10.0 Å². The van der Waals surface area contributed by atoms with Gasteiger partial charge in [0.2, 0.25) is 10.0 Å². The van der Waals surface area contributed by atoms with Crippen molar-refractivity contribution in [3.8, 4) is 0 Å². The molecule has 0 amide bonds. The molecule has 0 radical (unpaired) electrons. The number of benzene rings is 1. The van der Waals surface area contributed by atoms with E-state index in [-0.39, 0.29) is 17.5 Å². The molecule has 27 heavy (non-hydrogen) atoms. The second kappa shape index (κ2) is 8.52. The molecule has 7 nitrogen and oxygen atoms in total. The maximum atomic E-state index is 12.8. The summed E-state index contributed by atoms with van der Waals surface area (Å²) in [6.45, 7) is 8.48. The number of hydrogen-bond donors (Lipinski definition) is 1. The van der Waals surface area contributed by atoms with E-state index in [1.807, 2.05) is 0 Å². The molecule has 1 fully saturated rings.